The number of benzene rings is 1. The Hall–Kier alpha value is -1.36. The van der Waals surface area contributed by atoms with Crippen molar-refractivity contribution in [1.29, 1.82) is 0 Å². The zero-order valence-corrected chi connectivity index (χ0v) is 13.0. The van der Waals surface area contributed by atoms with Crippen LogP contribution in [0.25, 0.3) is 0 Å². The lowest BCUT2D eigenvalue weighted by Gasteiger charge is -2.35. The summed E-state index contributed by atoms with van der Waals surface area (Å²) in [5.41, 5.74) is -1.02. The molecule has 0 unspecified atom stereocenters. The highest BCUT2D eigenvalue weighted by atomic mass is 19.4. The first-order chi connectivity index (χ1) is 10.3. The van der Waals surface area contributed by atoms with Crippen LogP contribution in [0.4, 0.5) is 13.2 Å². The van der Waals surface area contributed by atoms with E-state index in [0.29, 0.717) is 6.04 Å². The van der Waals surface area contributed by atoms with Crippen LogP contribution in [-0.4, -0.2) is 29.8 Å². The number of ketones is 1. The van der Waals surface area contributed by atoms with E-state index in [1.165, 1.54) is 18.2 Å². The summed E-state index contributed by atoms with van der Waals surface area (Å²) in [6.45, 7) is 5.99. The molecule has 5 heteroatoms. The summed E-state index contributed by atoms with van der Waals surface area (Å²) in [5, 5.41) is 0. The Balaban J connectivity index is 2.10. The van der Waals surface area contributed by atoms with Gasteiger partial charge in [0.15, 0.2) is 5.78 Å². The summed E-state index contributed by atoms with van der Waals surface area (Å²) >= 11 is 0. The largest absolute Gasteiger partial charge is 0.417 e. The van der Waals surface area contributed by atoms with Crippen molar-refractivity contribution in [2.45, 2.75) is 45.3 Å². The molecule has 0 spiro atoms. The van der Waals surface area contributed by atoms with Gasteiger partial charge in [-0.15, -0.1) is 0 Å². The molecule has 1 saturated heterocycles. The van der Waals surface area contributed by atoms with Crippen LogP contribution >= 0.6 is 0 Å². The maximum atomic E-state index is 13.0. The van der Waals surface area contributed by atoms with Gasteiger partial charge in [-0.05, 0) is 45.2 Å². The van der Waals surface area contributed by atoms with Crippen molar-refractivity contribution in [3.8, 4) is 0 Å². The number of Topliss-reactive ketones (excluding diaryl/α,β-unsaturated/α-hetero) is 1. The number of alkyl halides is 3. The van der Waals surface area contributed by atoms with Crippen molar-refractivity contribution < 1.29 is 18.0 Å². The Kier molecular flexibility index (Phi) is 5.27. The summed E-state index contributed by atoms with van der Waals surface area (Å²) in [5.74, 6) is -0.256. The third kappa shape index (κ3) is 4.09. The lowest BCUT2D eigenvalue weighted by atomic mass is 9.89. The van der Waals surface area contributed by atoms with Crippen LogP contribution in [0.1, 0.15) is 49.0 Å². The van der Waals surface area contributed by atoms with Crippen molar-refractivity contribution in [2.24, 2.45) is 5.92 Å². The lowest BCUT2D eigenvalue weighted by Crippen LogP contribution is -2.40. The van der Waals surface area contributed by atoms with Crippen LogP contribution in [0.15, 0.2) is 24.3 Å². The van der Waals surface area contributed by atoms with Gasteiger partial charge < -0.3 is 4.90 Å². The number of carbonyl (C=O) groups excluding carboxylic acids is 1. The Morgan fingerprint density at radius 3 is 2.64 bits per heavy atom. The van der Waals surface area contributed by atoms with Crippen LogP contribution in [-0.2, 0) is 6.18 Å². The van der Waals surface area contributed by atoms with E-state index >= 15 is 0 Å². The molecule has 0 N–H and O–H groups in total. The lowest BCUT2D eigenvalue weighted by molar-refractivity contribution is -0.137. The molecule has 1 aromatic rings. The van der Waals surface area contributed by atoms with Crippen LogP contribution < -0.4 is 0 Å². The van der Waals surface area contributed by atoms with Gasteiger partial charge in [0, 0.05) is 24.6 Å². The SMILES string of the molecule is CC(C)N1CCC[C@@H](CC(=O)c2ccccc2C(F)(F)F)C1. The average Bonchev–Trinajstić information content (AvgIpc) is 2.46. The van der Waals surface area contributed by atoms with E-state index in [9.17, 15) is 18.0 Å². The molecule has 0 aromatic heterocycles. The molecule has 22 heavy (non-hydrogen) atoms. The molecule has 2 rings (SSSR count). The monoisotopic (exact) mass is 313 g/mol. The van der Waals surface area contributed by atoms with E-state index in [1.807, 2.05) is 0 Å². The highest BCUT2D eigenvalue weighted by Gasteiger charge is 2.35. The summed E-state index contributed by atoms with van der Waals surface area (Å²) in [4.78, 5) is 14.6. The number of hydrogen-bond acceptors (Lipinski definition) is 2. The van der Waals surface area contributed by atoms with Crippen molar-refractivity contribution >= 4 is 5.78 Å². The van der Waals surface area contributed by atoms with Crippen molar-refractivity contribution in [1.82, 2.24) is 4.90 Å². The zero-order valence-electron chi connectivity index (χ0n) is 13.0. The second-order valence-corrected chi connectivity index (χ2v) is 6.27. The molecule has 0 amide bonds. The average molecular weight is 313 g/mol. The van der Waals surface area contributed by atoms with Gasteiger partial charge in [0.25, 0.3) is 0 Å². The second-order valence-electron chi connectivity index (χ2n) is 6.27. The Morgan fingerprint density at radius 1 is 1.32 bits per heavy atom. The first-order valence-electron chi connectivity index (χ1n) is 7.72. The van der Waals surface area contributed by atoms with E-state index in [1.54, 1.807) is 0 Å². The molecule has 0 saturated carbocycles. The minimum absolute atomic E-state index is 0.143. The topological polar surface area (TPSA) is 20.3 Å². The minimum Gasteiger partial charge on any atom is -0.301 e. The zero-order chi connectivity index (χ0) is 16.3. The Bertz CT molecular complexity index is 525. The first-order valence-corrected chi connectivity index (χ1v) is 7.72. The number of nitrogens with zero attached hydrogens (tertiary/aromatic N) is 1. The number of halogens is 3. The van der Waals surface area contributed by atoms with Crippen molar-refractivity contribution in [2.75, 3.05) is 13.1 Å². The fraction of sp³-hybridized carbons (Fsp3) is 0.588. The maximum absolute atomic E-state index is 13.0. The fourth-order valence-electron chi connectivity index (χ4n) is 3.08. The fourth-order valence-corrected chi connectivity index (χ4v) is 3.08. The quantitative estimate of drug-likeness (QED) is 0.768. The summed E-state index contributed by atoms with van der Waals surface area (Å²) in [6.07, 6.45) is -2.39. The summed E-state index contributed by atoms with van der Waals surface area (Å²) < 4.78 is 39.0. The van der Waals surface area contributed by atoms with E-state index < -0.39 is 17.5 Å². The van der Waals surface area contributed by atoms with E-state index in [-0.39, 0.29) is 17.9 Å². The molecular weight excluding hydrogens is 291 g/mol. The molecule has 122 valence electrons. The molecule has 1 aliphatic heterocycles. The normalized spacial score (nSPS) is 20.4. The second kappa shape index (κ2) is 6.82. The van der Waals surface area contributed by atoms with Crippen molar-refractivity contribution in [3.05, 3.63) is 35.4 Å². The van der Waals surface area contributed by atoms with Crippen LogP contribution in [0.2, 0.25) is 0 Å². The Morgan fingerprint density at radius 2 is 2.00 bits per heavy atom. The predicted octanol–water partition coefficient (Wildman–Crippen LogP) is 4.40. The summed E-state index contributed by atoms with van der Waals surface area (Å²) in [6, 6.07) is 5.48. The van der Waals surface area contributed by atoms with E-state index in [2.05, 4.69) is 18.7 Å². The molecule has 2 nitrogen and oxygen atoms in total. The molecular formula is C17H22F3NO. The third-order valence-corrected chi connectivity index (χ3v) is 4.29. The Labute approximate surface area is 129 Å². The van der Waals surface area contributed by atoms with Crippen molar-refractivity contribution in [3.63, 3.8) is 0 Å². The number of hydrogen-bond donors (Lipinski definition) is 0. The van der Waals surface area contributed by atoms with Crippen LogP contribution in [0.5, 0.6) is 0 Å². The highest BCUT2D eigenvalue weighted by molar-refractivity contribution is 5.97. The van der Waals surface area contributed by atoms with Gasteiger partial charge in [-0.2, -0.15) is 13.2 Å². The smallest absolute Gasteiger partial charge is 0.301 e. The van der Waals surface area contributed by atoms with Gasteiger partial charge in [-0.3, -0.25) is 4.79 Å². The highest BCUT2D eigenvalue weighted by Crippen LogP contribution is 2.33. The van der Waals surface area contributed by atoms with Gasteiger partial charge in [-0.1, -0.05) is 18.2 Å². The molecule has 0 aliphatic carbocycles. The van der Waals surface area contributed by atoms with Gasteiger partial charge >= 0.3 is 6.18 Å². The molecule has 1 heterocycles. The molecule has 1 aromatic carbocycles. The predicted molar refractivity (Wildman–Crippen MR) is 79.8 cm³/mol. The molecule has 1 aliphatic rings. The number of carbonyl (C=O) groups is 1. The maximum Gasteiger partial charge on any atom is 0.417 e. The summed E-state index contributed by atoms with van der Waals surface area (Å²) in [7, 11) is 0. The van der Waals surface area contributed by atoms with Crippen LogP contribution in [0, 0.1) is 5.92 Å². The third-order valence-electron chi connectivity index (χ3n) is 4.29. The minimum atomic E-state index is -4.48. The molecule has 1 fully saturated rings. The van der Waals surface area contributed by atoms with Gasteiger partial charge in [0.2, 0.25) is 0 Å². The van der Waals surface area contributed by atoms with Gasteiger partial charge in [-0.25, -0.2) is 0 Å². The first kappa shape index (κ1) is 17.0. The van der Waals surface area contributed by atoms with Gasteiger partial charge in [0.1, 0.15) is 0 Å². The number of likely N-dealkylation sites (tertiary alicyclic amines) is 1. The number of piperidine rings is 1. The standard InChI is InChI=1S/C17H22F3NO/c1-12(2)21-9-5-6-13(11-21)10-16(22)14-7-3-4-8-15(14)17(18,19)20/h3-4,7-8,12-13H,5-6,9-11H2,1-2H3/t13-/m0/s1. The van der Waals surface area contributed by atoms with E-state index in [4.69, 9.17) is 0 Å². The van der Waals surface area contributed by atoms with Gasteiger partial charge in [0.05, 0.1) is 5.56 Å². The van der Waals surface area contributed by atoms with Crippen LogP contribution in [0.3, 0.4) is 0 Å². The molecule has 1 atom stereocenters. The van der Waals surface area contributed by atoms with E-state index in [0.717, 1.165) is 32.0 Å². The molecule has 0 bridgehead atoms. The molecule has 0 radical (unpaired) electrons. The number of rotatable bonds is 4.